The summed E-state index contributed by atoms with van der Waals surface area (Å²) in [5.41, 5.74) is 0.0208. The van der Waals surface area contributed by atoms with Crippen molar-refractivity contribution in [2.75, 3.05) is 6.61 Å². The molecule has 28 heavy (non-hydrogen) atoms. The van der Waals surface area contributed by atoms with Crippen LogP contribution in [0.4, 0.5) is 17.6 Å². The fraction of sp³-hybridized carbons (Fsp3) is 0.100. The Hall–Kier alpha value is -3.42. The molecule has 0 fully saturated rings. The molecule has 0 unspecified atom stereocenters. The van der Waals surface area contributed by atoms with Gasteiger partial charge in [-0.05, 0) is 55.5 Å². The van der Waals surface area contributed by atoms with Gasteiger partial charge in [-0.2, -0.15) is 0 Å². The second-order valence-corrected chi connectivity index (χ2v) is 5.66. The van der Waals surface area contributed by atoms with Gasteiger partial charge in [0, 0.05) is 11.1 Å². The van der Waals surface area contributed by atoms with Crippen LogP contribution in [0.5, 0.6) is 0 Å². The zero-order valence-corrected chi connectivity index (χ0v) is 14.6. The SMILES string of the molecule is CCOC(=O)c1[nH]c(C=Cc2c(F)ccc(F)c2F)nc1-c1ccc(F)cc1. The highest BCUT2D eigenvalue weighted by atomic mass is 19.2. The average molecular weight is 390 g/mol. The number of H-pyrrole nitrogens is 1. The predicted molar refractivity (Wildman–Crippen MR) is 95.2 cm³/mol. The van der Waals surface area contributed by atoms with Gasteiger partial charge in [-0.3, -0.25) is 0 Å². The molecule has 1 N–H and O–H groups in total. The number of halogens is 4. The van der Waals surface area contributed by atoms with Gasteiger partial charge in [-0.25, -0.2) is 27.3 Å². The molecule has 0 radical (unpaired) electrons. The molecule has 0 spiro atoms. The third-order valence-corrected chi connectivity index (χ3v) is 3.81. The van der Waals surface area contributed by atoms with E-state index in [1.165, 1.54) is 30.3 Å². The molecule has 144 valence electrons. The van der Waals surface area contributed by atoms with Crippen LogP contribution in [0.3, 0.4) is 0 Å². The van der Waals surface area contributed by atoms with Gasteiger partial charge in [0.1, 0.15) is 23.2 Å². The van der Waals surface area contributed by atoms with Crippen LogP contribution in [0.15, 0.2) is 36.4 Å². The van der Waals surface area contributed by atoms with Crippen molar-refractivity contribution < 1.29 is 27.1 Å². The molecule has 0 saturated carbocycles. The van der Waals surface area contributed by atoms with E-state index in [1.807, 2.05) is 0 Å². The van der Waals surface area contributed by atoms with E-state index in [4.69, 9.17) is 4.74 Å². The number of imidazole rings is 1. The minimum absolute atomic E-state index is 0.00621. The number of ether oxygens (including phenoxy) is 1. The Morgan fingerprint density at radius 1 is 1.04 bits per heavy atom. The molecule has 1 aromatic heterocycles. The van der Waals surface area contributed by atoms with Crippen LogP contribution in [0.25, 0.3) is 23.4 Å². The van der Waals surface area contributed by atoms with E-state index in [9.17, 15) is 22.4 Å². The van der Waals surface area contributed by atoms with Crippen LogP contribution in [-0.2, 0) is 4.74 Å². The normalized spacial score (nSPS) is 11.2. The van der Waals surface area contributed by atoms with Gasteiger partial charge in [0.05, 0.1) is 6.61 Å². The van der Waals surface area contributed by atoms with E-state index in [-0.39, 0.29) is 23.8 Å². The van der Waals surface area contributed by atoms with E-state index in [2.05, 4.69) is 9.97 Å². The smallest absolute Gasteiger partial charge is 0.357 e. The van der Waals surface area contributed by atoms with Crippen LogP contribution in [-0.4, -0.2) is 22.5 Å². The molecule has 4 nitrogen and oxygen atoms in total. The number of hydrogen-bond acceptors (Lipinski definition) is 3. The molecular formula is C20H14F4N2O2. The fourth-order valence-corrected chi connectivity index (χ4v) is 2.50. The number of benzene rings is 2. The number of carbonyl (C=O) groups is 1. The molecule has 3 aromatic rings. The molecule has 8 heteroatoms. The Kier molecular flexibility index (Phi) is 5.58. The maximum absolute atomic E-state index is 13.8. The Bertz CT molecular complexity index is 1040. The second-order valence-electron chi connectivity index (χ2n) is 5.66. The number of carbonyl (C=O) groups excluding carboxylic acids is 1. The minimum atomic E-state index is -1.34. The molecule has 2 aromatic carbocycles. The van der Waals surface area contributed by atoms with E-state index in [0.717, 1.165) is 12.1 Å². The Labute approximate surface area is 157 Å². The third kappa shape index (κ3) is 3.95. The summed E-state index contributed by atoms with van der Waals surface area (Å²) in [6.07, 6.45) is 2.19. The summed E-state index contributed by atoms with van der Waals surface area (Å²) in [6, 6.07) is 6.73. The molecule has 3 rings (SSSR count). The molecule has 0 aliphatic rings. The molecule has 1 heterocycles. The minimum Gasteiger partial charge on any atom is -0.461 e. The second kappa shape index (κ2) is 8.08. The van der Waals surface area contributed by atoms with Gasteiger partial charge < -0.3 is 9.72 Å². The first-order valence-electron chi connectivity index (χ1n) is 8.25. The van der Waals surface area contributed by atoms with Crippen LogP contribution < -0.4 is 0 Å². The van der Waals surface area contributed by atoms with Crippen LogP contribution in [0.2, 0.25) is 0 Å². The van der Waals surface area contributed by atoms with Crippen LogP contribution >= 0.6 is 0 Å². The summed E-state index contributed by atoms with van der Waals surface area (Å²) in [7, 11) is 0. The van der Waals surface area contributed by atoms with Gasteiger partial charge in [0.2, 0.25) is 0 Å². The molecule has 0 saturated heterocycles. The lowest BCUT2D eigenvalue weighted by molar-refractivity contribution is 0.0521. The van der Waals surface area contributed by atoms with Crippen molar-refractivity contribution >= 4 is 18.1 Å². The van der Waals surface area contributed by atoms with Gasteiger partial charge in [-0.1, -0.05) is 0 Å². The van der Waals surface area contributed by atoms with E-state index in [0.29, 0.717) is 11.6 Å². The first kappa shape index (κ1) is 19.3. The van der Waals surface area contributed by atoms with Gasteiger partial charge in [0.25, 0.3) is 0 Å². The highest BCUT2D eigenvalue weighted by Crippen LogP contribution is 2.24. The van der Waals surface area contributed by atoms with Gasteiger partial charge in [-0.15, -0.1) is 0 Å². The van der Waals surface area contributed by atoms with Crippen molar-refractivity contribution in [3.05, 3.63) is 76.7 Å². The largest absolute Gasteiger partial charge is 0.461 e. The quantitative estimate of drug-likeness (QED) is 0.380. The third-order valence-electron chi connectivity index (χ3n) is 3.81. The van der Waals surface area contributed by atoms with E-state index < -0.39 is 34.8 Å². The van der Waals surface area contributed by atoms with E-state index in [1.54, 1.807) is 6.92 Å². The Morgan fingerprint density at radius 3 is 2.39 bits per heavy atom. The first-order chi connectivity index (χ1) is 13.4. The molecule has 0 atom stereocenters. The summed E-state index contributed by atoms with van der Waals surface area (Å²) in [6.45, 7) is 1.74. The number of esters is 1. The molecule has 0 aliphatic carbocycles. The lowest BCUT2D eigenvalue weighted by Gasteiger charge is -2.02. The van der Waals surface area contributed by atoms with Crippen LogP contribution in [0, 0.1) is 23.3 Å². The number of rotatable bonds is 5. The van der Waals surface area contributed by atoms with Crippen LogP contribution in [0.1, 0.15) is 28.8 Å². The number of nitrogens with one attached hydrogen (secondary N) is 1. The zero-order chi connectivity index (χ0) is 20.3. The summed E-state index contributed by atoms with van der Waals surface area (Å²) in [4.78, 5) is 19.1. The fourth-order valence-electron chi connectivity index (χ4n) is 2.50. The topological polar surface area (TPSA) is 55.0 Å². The monoisotopic (exact) mass is 390 g/mol. The molecule has 0 amide bonds. The molecular weight excluding hydrogens is 376 g/mol. The average Bonchev–Trinajstić information content (AvgIpc) is 3.10. The van der Waals surface area contributed by atoms with Gasteiger partial charge in [0.15, 0.2) is 17.3 Å². The first-order valence-corrected chi connectivity index (χ1v) is 8.25. The highest BCUT2D eigenvalue weighted by molar-refractivity contribution is 5.95. The number of aromatic nitrogens is 2. The summed E-state index contributed by atoms with van der Waals surface area (Å²) in [5, 5.41) is 0. The maximum Gasteiger partial charge on any atom is 0.357 e. The lowest BCUT2D eigenvalue weighted by atomic mass is 10.1. The maximum atomic E-state index is 13.8. The van der Waals surface area contributed by atoms with Crippen molar-refractivity contribution in [2.45, 2.75) is 6.92 Å². The summed E-state index contributed by atoms with van der Waals surface area (Å²) in [5.74, 6) is -4.57. The molecule has 0 aliphatic heterocycles. The summed E-state index contributed by atoms with van der Waals surface area (Å²) >= 11 is 0. The van der Waals surface area contributed by atoms with Crippen molar-refractivity contribution in [3.63, 3.8) is 0 Å². The Balaban J connectivity index is 2.03. The number of aromatic amines is 1. The predicted octanol–water partition coefficient (Wildman–Crippen LogP) is 4.98. The highest BCUT2D eigenvalue weighted by Gasteiger charge is 2.19. The standard InChI is InChI=1S/C20H14F4N2O2/c1-2-28-20(27)19-18(11-3-5-12(21)6-4-11)25-16(26-19)10-7-13-14(22)8-9-15(23)17(13)24/h3-10H,2H2,1H3,(H,25,26). The van der Waals surface area contributed by atoms with Crippen molar-refractivity contribution in [3.8, 4) is 11.3 Å². The summed E-state index contributed by atoms with van der Waals surface area (Å²) < 4.78 is 59.0. The number of hydrogen-bond donors (Lipinski definition) is 1. The zero-order valence-electron chi connectivity index (χ0n) is 14.6. The van der Waals surface area contributed by atoms with Crippen molar-refractivity contribution in [2.24, 2.45) is 0 Å². The van der Waals surface area contributed by atoms with Crippen molar-refractivity contribution in [1.29, 1.82) is 0 Å². The number of nitrogens with zero attached hydrogens (tertiary/aromatic N) is 1. The lowest BCUT2D eigenvalue weighted by Crippen LogP contribution is -2.06. The van der Waals surface area contributed by atoms with E-state index >= 15 is 0 Å². The Morgan fingerprint density at radius 2 is 1.71 bits per heavy atom. The van der Waals surface area contributed by atoms with Crippen molar-refractivity contribution in [1.82, 2.24) is 9.97 Å². The van der Waals surface area contributed by atoms with Gasteiger partial charge >= 0.3 is 5.97 Å². The molecule has 0 bridgehead atoms.